The lowest BCUT2D eigenvalue weighted by molar-refractivity contribution is -0.209. The fraction of sp³-hybridized carbons (Fsp3) is 0.676. The highest BCUT2D eigenvalue weighted by molar-refractivity contribution is 5.92. The summed E-state index contributed by atoms with van der Waals surface area (Å²) >= 11 is 0. The summed E-state index contributed by atoms with van der Waals surface area (Å²) in [7, 11) is 0. The van der Waals surface area contributed by atoms with Gasteiger partial charge in [-0.15, -0.1) is 0 Å². The fourth-order valence-corrected chi connectivity index (χ4v) is 11.0. The molecule has 0 amide bonds. The average Bonchev–Trinajstić information content (AvgIpc) is 3.52. The fourth-order valence-electron chi connectivity index (χ4n) is 11.0. The van der Waals surface area contributed by atoms with Crippen molar-refractivity contribution in [2.24, 2.45) is 17.3 Å². The van der Waals surface area contributed by atoms with Crippen LogP contribution < -0.4 is 0 Å². The highest BCUT2D eigenvalue weighted by Crippen LogP contribution is 2.69. The molecule has 4 N–H and O–H groups in total. The molecule has 6 heteroatoms. The molecule has 2 saturated carbocycles. The number of benzene rings is 1. The average molecular weight is 588 g/mol. The van der Waals surface area contributed by atoms with Gasteiger partial charge < -0.3 is 29.8 Å². The highest BCUT2D eigenvalue weighted by Gasteiger charge is 2.70. The Labute approximate surface area is 255 Å². The van der Waals surface area contributed by atoms with Crippen molar-refractivity contribution in [3.8, 4) is 0 Å². The molecule has 3 heterocycles. The molecule has 0 bridgehead atoms. The Hall–Kier alpha value is -1.96. The molecule has 8 atom stereocenters. The van der Waals surface area contributed by atoms with Gasteiger partial charge in [-0.2, -0.15) is 0 Å². The van der Waals surface area contributed by atoms with E-state index < -0.39 is 28.8 Å². The summed E-state index contributed by atoms with van der Waals surface area (Å²) in [4.78, 5) is 3.96. The first-order valence-electron chi connectivity index (χ1n) is 16.5. The maximum atomic E-state index is 12.8. The largest absolute Gasteiger partial charge is 0.388 e. The maximum Gasteiger partial charge on any atom is 0.116 e. The number of hydrogen-bond donors (Lipinski definition) is 4. The van der Waals surface area contributed by atoms with Gasteiger partial charge in [0, 0.05) is 33.3 Å². The summed E-state index contributed by atoms with van der Waals surface area (Å²) in [5.41, 5.74) is 5.44. The van der Waals surface area contributed by atoms with Crippen LogP contribution in [0.15, 0.2) is 29.9 Å². The number of aromatic amines is 1. The van der Waals surface area contributed by atoms with Gasteiger partial charge >= 0.3 is 0 Å². The molecular weight excluding hydrogens is 538 g/mol. The molecule has 0 radical (unpaired) electrons. The first kappa shape index (κ1) is 28.5. The van der Waals surface area contributed by atoms with E-state index in [0.29, 0.717) is 18.3 Å². The van der Waals surface area contributed by atoms with Crippen molar-refractivity contribution in [1.82, 2.24) is 4.98 Å². The third kappa shape index (κ3) is 3.48. The third-order valence-electron chi connectivity index (χ3n) is 13.2. The van der Waals surface area contributed by atoms with Gasteiger partial charge in [0.1, 0.15) is 12.2 Å². The first-order valence-corrected chi connectivity index (χ1v) is 16.5. The summed E-state index contributed by atoms with van der Waals surface area (Å²) in [6.45, 7) is 16.8. The van der Waals surface area contributed by atoms with E-state index in [4.69, 9.17) is 9.47 Å². The van der Waals surface area contributed by atoms with Gasteiger partial charge in [0.15, 0.2) is 0 Å². The Kier molecular flexibility index (Phi) is 5.47. The number of H-pyrrole nitrogens is 1. The van der Waals surface area contributed by atoms with Crippen LogP contribution in [0.3, 0.4) is 0 Å². The van der Waals surface area contributed by atoms with Crippen LogP contribution >= 0.6 is 0 Å². The quantitative estimate of drug-likeness (QED) is 0.312. The van der Waals surface area contributed by atoms with E-state index in [1.165, 1.54) is 38.9 Å². The van der Waals surface area contributed by atoms with Crippen molar-refractivity contribution in [3.05, 3.63) is 52.2 Å². The van der Waals surface area contributed by atoms with Crippen LogP contribution in [-0.4, -0.2) is 61.0 Å². The standard InChI is InChI=1S/C37H49NO5/c1-32(2)18-24-21-16-27-22(13-19(21)14-25(24)34(5,6)43-32)23-15-20-9-12-37(41)26-17-28(39)31(33(3,4)40)42-29(26)10-11-35(37,7)36(20,8)30(23)38-27/h13,16-18,20,25,28-29,31,38-41H,9-12,14-15H2,1-8H3/t20?,25?,28?,29?,31?,35-,36-,37-/m1/s1. The van der Waals surface area contributed by atoms with Gasteiger partial charge in [0.25, 0.3) is 0 Å². The summed E-state index contributed by atoms with van der Waals surface area (Å²) in [6, 6.07) is 4.85. The number of ether oxygens (including phenoxy) is 2. The number of aliphatic hydroxyl groups is 3. The molecule has 8 rings (SSSR count). The SMILES string of the molecule is CC1(C)C=C2c3cc4[nH]c5c(c4cc3CC2C(C)(C)O1)CC1CC[C@@]2(O)C3=CC(O)C(C(C)(C)O)OC3CC[C@]2(C)[C@@]51C. The number of nitrogens with one attached hydrogen (secondary N) is 1. The number of rotatable bonds is 1. The van der Waals surface area contributed by atoms with Gasteiger partial charge in [-0.1, -0.05) is 13.8 Å². The monoisotopic (exact) mass is 587 g/mol. The molecule has 2 aliphatic heterocycles. The maximum absolute atomic E-state index is 12.8. The van der Waals surface area contributed by atoms with Crippen LogP contribution in [0.25, 0.3) is 16.5 Å². The van der Waals surface area contributed by atoms with Crippen LogP contribution in [0.5, 0.6) is 0 Å². The molecule has 232 valence electrons. The molecule has 1 aromatic carbocycles. The second-order valence-corrected chi connectivity index (χ2v) is 16.9. The minimum atomic E-state index is -1.17. The second-order valence-electron chi connectivity index (χ2n) is 16.9. The Balaban J connectivity index is 1.23. The van der Waals surface area contributed by atoms with Gasteiger partial charge in [-0.3, -0.25) is 0 Å². The van der Waals surface area contributed by atoms with E-state index in [1.807, 2.05) is 6.08 Å². The van der Waals surface area contributed by atoms with E-state index in [0.717, 1.165) is 37.7 Å². The lowest BCUT2D eigenvalue weighted by atomic mass is 9.42. The van der Waals surface area contributed by atoms with Gasteiger partial charge in [-0.25, -0.2) is 0 Å². The highest BCUT2D eigenvalue weighted by atomic mass is 16.5. The minimum absolute atomic E-state index is 0.222. The van der Waals surface area contributed by atoms with E-state index in [-0.39, 0.29) is 22.7 Å². The Morgan fingerprint density at radius 3 is 2.47 bits per heavy atom. The molecule has 6 nitrogen and oxygen atoms in total. The van der Waals surface area contributed by atoms with Gasteiger partial charge in [0.2, 0.25) is 0 Å². The molecule has 43 heavy (non-hydrogen) atoms. The van der Waals surface area contributed by atoms with Gasteiger partial charge in [0.05, 0.1) is 28.5 Å². The summed E-state index contributed by atoms with van der Waals surface area (Å²) in [6.07, 6.45) is 7.38. The van der Waals surface area contributed by atoms with Crippen LogP contribution in [0.1, 0.15) is 103 Å². The second kappa shape index (κ2) is 8.24. The van der Waals surface area contributed by atoms with Crippen molar-refractivity contribution >= 4 is 16.5 Å². The molecule has 6 aliphatic rings. The number of aliphatic hydroxyl groups excluding tert-OH is 1. The normalized spacial score (nSPS) is 42.3. The molecule has 2 fully saturated rings. The van der Waals surface area contributed by atoms with Crippen LogP contribution in [-0.2, 0) is 27.7 Å². The Morgan fingerprint density at radius 1 is 1.00 bits per heavy atom. The van der Waals surface area contributed by atoms with Crippen LogP contribution in [0.2, 0.25) is 0 Å². The predicted molar refractivity (Wildman–Crippen MR) is 168 cm³/mol. The topological polar surface area (TPSA) is 94.9 Å². The molecule has 0 saturated heterocycles. The molecule has 5 unspecified atom stereocenters. The lowest BCUT2D eigenvalue weighted by Crippen LogP contribution is -2.68. The summed E-state index contributed by atoms with van der Waals surface area (Å²) < 4.78 is 12.9. The Morgan fingerprint density at radius 2 is 1.74 bits per heavy atom. The number of fused-ring (bicyclic) bond motifs is 12. The summed E-state index contributed by atoms with van der Waals surface area (Å²) in [5.74, 6) is 0.794. The van der Waals surface area contributed by atoms with Crippen LogP contribution in [0, 0.1) is 17.3 Å². The van der Waals surface area contributed by atoms with Crippen molar-refractivity contribution < 1.29 is 24.8 Å². The zero-order valence-corrected chi connectivity index (χ0v) is 27.1. The smallest absolute Gasteiger partial charge is 0.116 e. The zero-order valence-electron chi connectivity index (χ0n) is 27.1. The molecular formula is C37H49NO5. The Bertz CT molecular complexity index is 1620. The van der Waals surface area contributed by atoms with Crippen molar-refractivity contribution in [1.29, 1.82) is 0 Å². The van der Waals surface area contributed by atoms with E-state index in [9.17, 15) is 15.3 Å². The van der Waals surface area contributed by atoms with E-state index in [1.54, 1.807) is 13.8 Å². The lowest BCUT2D eigenvalue weighted by Gasteiger charge is -2.65. The van der Waals surface area contributed by atoms with Crippen molar-refractivity contribution in [3.63, 3.8) is 0 Å². The van der Waals surface area contributed by atoms with E-state index >= 15 is 0 Å². The van der Waals surface area contributed by atoms with E-state index in [2.05, 4.69) is 64.7 Å². The number of hydrogen-bond acceptors (Lipinski definition) is 5. The van der Waals surface area contributed by atoms with Crippen molar-refractivity contribution in [2.45, 2.75) is 140 Å². The first-order chi connectivity index (χ1) is 19.9. The molecule has 1 aromatic heterocycles. The van der Waals surface area contributed by atoms with Crippen LogP contribution in [0.4, 0.5) is 0 Å². The molecule has 0 spiro atoms. The predicted octanol–water partition coefficient (Wildman–Crippen LogP) is 5.89. The third-order valence-corrected chi connectivity index (χ3v) is 13.2. The van der Waals surface area contributed by atoms with Gasteiger partial charge in [-0.05, 0) is 138 Å². The molecule has 4 aliphatic carbocycles. The van der Waals surface area contributed by atoms with Crippen molar-refractivity contribution in [2.75, 3.05) is 0 Å². The molecule has 2 aromatic rings. The zero-order chi connectivity index (χ0) is 30.7. The summed E-state index contributed by atoms with van der Waals surface area (Å²) in [5, 5.41) is 35.9. The minimum Gasteiger partial charge on any atom is -0.388 e. The number of aromatic nitrogens is 1.